The monoisotopic (exact) mass is 182 g/mol. The molecule has 1 fully saturated rings. The Kier molecular flexibility index (Phi) is 1.65. The number of hydrogen-bond donors (Lipinski definition) is 0. The van der Waals surface area contributed by atoms with E-state index in [1.54, 1.807) is 13.8 Å². The lowest BCUT2D eigenvalue weighted by atomic mass is 9.99. The van der Waals surface area contributed by atoms with Crippen LogP contribution in [0.2, 0.25) is 0 Å². The van der Waals surface area contributed by atoms with Crippen molar-refractivity contribution in [2.75, 3.05) is 0 Å². The van der Waals surface area contributed by atoms with Gasteiger partial charge in [-0.25, -0.2) is 0 Å². The second-order valence-corrected chi connectivity index (χ2v) is 3.61. The van der Waals surface area contributed by atoms with Gasteiger partial charge in [-0.3, -0.25) is 9.59 Å². The number of rotatable bonds is 0. The van der Waals surface area contributed by atoms with Crippen molar-refractivity contribution in [3.8, 4) is 0 Å². The summed E-state index contributed by atoms with van der Waals surface area (Å²) in [5.41, 5.74) is 0. The maximum Gasteiger partial charge on any atom is 0.187 e. The highest BCUT2D eigenvalue weighted by Crippen LogP contribution is 2.31. The lowest BCUT2D eigenvalue weighted by Gasteiger charge is -2.15. The molecule has 4 heteroatoms. The van der Waals surface area contributed by atoms with E-state index in [0.29, 0.717) is 0 Å². The van der Waals surface area contributed by atoms with Gasteiger partial charge in [0.2, 0.25) is 0 Å². The highest BCUT2D eigenvalue weighted by molar-refractivity contribution is 6.10. The Morgan fingerprint density at radius 2 is 1.46 bits per heavy atom. The van der Waals surface area contributed by atoms with Crippen molar-refractivity contribution >= 4 is 11.6 Å². The Hall–Kier alpha value is -1.00. The standard InChI is InChI=1S/C9H10O4/c1-9(2)12-7-5(10)3-4-6(11)8(7)13-9/h3-4,7-8H,1-2H3/t7-,8-/m1/s1. The molecule has 13 heavy (non-hydrogen) atoms. The van der Waals surface area contributed by atoms with Gasteiger partial charge >= 0.3 is 0 Å². The highest BCUT2D eigenvalue weighted by atomic mass is 16.8. The average Bonchev–Trinajstić information content (AvgIpc) is 2.35. The summed E-state index contributed by atoms with van der Waals surface area (Å²) in [6.45, 7) is 3.37. The van der Waals surface area contributed by atoms with E-state index in [4.69, 9.17) is 9.47 Å². The highest BCUT2D eigenvalue weighted by Gasteiger charge is 2.48. The van der Waals surface area contributed by atoms with E-state index in [0.717, 1.165) is 0 Å². The molecular formula is C9H10O4. The van der Waals surface area contributed by atoms with Crippen LogP contribution in [0.1, 0.15) is 13.8 Å². The molecule has 1 aliphatic heterocycles. The minimum absolute atomic E-state index is 0.199. The van der Waals surface area contributed by atoms with Crippen LogP contribution in [0.25, 0.3) is 0 Å². The molecule has 2 atom stereocenters. The fourth-order valence-electron chi connectivity index (χ4n) is 1.53. The third-order valence-corrected chi connectivity index (χ3v) is 2.07. The quantitative estimate of drug-likeness (QED) is 0.537. The van der Waals surface area contributed by atoms with Crippen LogP contribution in [-0.4, -0.2) is 29.6 Å². The van der Waals surface area contributed by atoms with Crippen LogP contribution in [0.4, 0.5) is 0 Å². The first-order chi connectivity index (χ1) is 5.99. The van der Waals surface area contributed by atoms with Crippen molar-refractivity contribution in [2.24, 2.45) is 0 Å². The first-order valence-corrected chi connectivity index (χ1v) is 4.11. The minimum Gasteiger partial charge on any atom is -0.336 e. The molecule has 1 saturated heterocycles. The molecule has 0 amide bonds. The van der Waals surface area contributed by atoms with Crippen LogP contribution in [0.5, 0.6) is 0 Å². The van der Waals surface area contributed by atoms with Gasteiger partial charge in [0.15, 0.2) is 29.6 Å². The summed E-state index contributed by atoms with van der Waals surface area (Å²) in [6.07, 6.45) is 1.00. The van der Waals surface area contributed by atoms with Crippen molar-refractivity contribution in [1.82, 2.24) is 0 Å². The fraction of sp³-hybridized carbons (Fsp3) is 0.556. The van der Waals surface area contributed by atoms with E-state index in [1.165, 1.54) is 12.2 Å². The Morgan fingerprint density at radius 3 is 1.85 bits per heavy atom. The number of carbonyl (C=O) groups is 2. The number of ketones is 2. The predicted octanol–water partition coefficient (Wildman–Crippen LogP) is 0.214. The Bertz CT molecular complexity index is 275. The largest absolute Gasteiger partial charge is 0.336 e. The molecule has 0 aromatic carbocycles. The van der Waals surface area contributed by atoms with E-state index in [9.17, 15) is 9.59 Å². The molecule has 4 nitrogen and oxygen atoms in total. The minimum atomic E-state index is -0.841. The zero-order chi connectivity index (χ0) is 9.64. The zero-order valence-corrected chi connectivity index (χ0v) is 7.44. The lowest BCUT2D eigenvalue weighted by molar-refractivity contribution is -0.155. The topological polar surface area (TPSA) is 52.6 Å². The Balaban J connectivity index is 2.31. The third kappa shape index (κ3) is 1.32. The summed E-state index contributed by atoms with van der Waals surface area (Å²) in [5.74, 6) is -1.24. The molecule has 2 rings (SSSR count). The molecule has 0 bridgehead atoms. The first-order valence-electron chi connectivity index (χ1n) is 4.11. The number of hydrogen-bond acceptors (Lipinski definition) is 4. The Labute approximate surface area is 75.5 Å². The molecule has 70 valence electrons. The summed E-state index contributed by atoms with van der Waals surface area (Å²) < 4.78 is 10.6. The van der Waals surface area contributed by atoms with E-state index >= 15 is 0 Å². The second kappa shape index (κ2) is 2.49. The van der Waals surface area contributed by atoms with Gasteiger partial charge in [0.05, 0.1) is 0 Å². The fourth-order valence-corrected chi connectivity index (χ4v) is 1.53. The molecule has 0 N–H and O–H groups in total. The summed E-state index contributed by atoms with van der Waals surface area (Å²) in [7, 11) is 0. The number of fused-ring (bicyclic) bond motifs is 1. The molecule has 0 spiro atoms. The molecular weight excluding hydrogens is 172 g/mol. The molecule has 0 aromatic heterocycles. The van der Waals surface area contributed by atoms with Gasteiger partial charge in [0.1, 0.15) is 0 Å². The molecule has 2 aliphatic rings. The van der Waals surface area contributed by atoms with Gasteiger partial charge in [0.25, 0.3) is 0 Å². The van der Waals surface area contributed by atoms with Crippen LogP contribution in [0.3, 0.4) is 0 Å². The van der Waals surface area contributed by atoms with Crippen molar-refractivity contribution < 1.29 is 19.1 Å². The average molecular weight is 182 g/mol. The first kappa shape index (κ1) is 8.59. The number of carbonyl (C=O) groups excluding carboxylic acids is 2. The van der Waals surface area contributed by atoms with Gasteiger partial charge in [-0.2, -0.15) is 0 Å². The van der Waals surface area contributed by atoms with Gasteiger partial charge in [-0.1, -0.05) is 0 Å². The SMILES string of the molecule is CC1(C)O[C@@H]2C(=O)C=CC(=O)[C@H]2O1. The third-order valence-electron chi connectivity index (χ3n) is 2.07. The predicted molar refractivity (Wildman–Crippen MR) is 43.0 cm³/mol. The van der Waals surface area contributed by atoms with Crippen molar-refractivity contribution in [2.45, 2.75) is 31.8 Å². The maximum atomic E-state index is 11.3. The van der Waals surface area contributed by atoms with Crippen LogP contribution >= 0.6 is 0 Å². The van der Waals surface area contributed by atoms with E-state index in [1.807, 2.05) is 0 Å². The summed E-state index contributed by atoms with van der Waals surface area (Å²) in [5, 5.41) is 0. The lowest BCUT2D eigenvalue weighted by Crippen LogP contribution is -2.38. The van der Waals surface area contributed by atoms with Crippen LogP contribution < -0.4 is 0 Å². The number of ether oxygens (including phenoxy) is 2. The van der Waals surface area contributed by atoms with Gasteiger partial charge < -0.3 is 9.47 Å². The van der Waals surface area contributed by atoms with Crippen molar-refractivity contribution in [3.05, 3.63) is 12.2 Å². The van der Waals surface area contributed by atoms with Gasteiger partial charge in [-0.15, -0.1) is 0 Å². The summed E-state index contributed by atoms with van der Waals surface area (Å²) in [4.78, 5) is 22.5. The second-order valence-electron chi connectivity index (χ2n) is 3.61. The molecule has 1 heterocycles. The smallest absolute Gasteiger partial charge is 0.187 e. The molecule has 0 unspecified atom stereocenters. The van der Waals surface area contributed by atoms with Crippen LogP contribution in [0.15, 0.2) is 12.2 Å². The normalized spacial score (nSPS) is 36.5. The molecule has 0 aromatic rings. The zero-order valence-electron chi connectivity index (χ0n) is 7.44. The van der Waals surface area contributed by atoms with Gasteiger partial charge in [-0.05, 0) is 26.0 Å². The van der Waals surface area contributed by atoms with Crippen molar-refractivity contribution in [3.63, 3.8) is 0 Å². The van der Waals surface area contributed by atoms with Gasteiger partial charge in [0, 0.05) is 0 Å². The van der Waals surface area contributed by atoms with E-state index in [2.05, 4.69) is 0 Å². The van der Waals surface area contributed by atoms with E-state index < -0.39 is 18.0 Å². The van der Waals surface area contributed by atoms with E-state index in [-0.39, 0.29) is 11.6 Å². The summed E-state index contributed by atoms with van der Waals surface area (Å²) in [6, 6.07) is 0. The maximum absolute atomic E-state index is 11.3. The molecule has 1 aliphatic carbocycles. The Morgan fingerprint density at radius 1 is 1.08 bits per heavy atom. The van der Waals surface area contributed by atoms with Crippen LogP contribution in [-0.2, 0) is 19.1 Å². The van der Waals surface area contributed by atoms with Crippen molar-refractivity contribution in [1.29, 1.82) is 0 Å². The summed E-state index contributed by atoms with van der Waals surface area (Å²) >= 11 is 0. The molecule has 0 saturated carbocycles. The molecule has 0 radical (unpaired) electrons. The van der Waals surface area contributed by atoms with Crippen LogP contribution in [0, 0.1) is 0 Å².